The molecule has 90 valence electrons. The van der Waals surface area contributed by atoms with Crippen LogP contribution < -0.4 is 0 Å². The van der Waals surface area contributed by atoms with Crippen LogP contribution in [0.1, 0.15) is 31.4 Å². The Balaban J connectivity index is 2.43. The summed E-state index contributed by atoms with van der Waals surface area (Å²) in [6, 6.07) is 8.56. The first-order chi connectivity index (χ1) is 7.37. The van der Waals surface area contributed by atoms with Crippen molar-refractivity contribution in [2.45, 2.75) is 39.3 Å². The molecule has 0 aliphatic rings. The molecule has 0 aromatic heterocycles. The van der Waals surface area contributed by atoms with E-state index in [1.807, 2.05) is 13.8 Å². The standard InChI is InChI=1S/C14H23NO/c1-12-6-5-7-13(10-12)11-15(4)9-8-14(2,3)16/h5-7,10,16H,8-9,11H2,1-4H3. The second-order valence-electron chi connectivity index (χ2n) is 5.29. The fourth-order valence-electron chi connectivity index (χ4n) is 1.67. The van der Waals surface area contributed by atoms with Gasteiger partial charge in [0, 0.05) is 13.1 Å². The van der Waals surface area contributed by atoms with E-state index in [1.54, 1.807) is 0 Å². The minimum Gasteiger partial charge on any atom is -0.390 e. The van der Waals surface area contributed by atoms with Crippen LogP contribution in [0, 0.1) is 6.92 Å². The number of nitrogens with zero attached hydrogens (tertiary/aromatic N) is 1. The highest BCUT2D eigenvalue weighted by atomic mass is 16.3. The quantitative estimate of drug-likeness (QED) is 0.826. The van der Waals surface area contributed by atoms with E-state index >= 15 is 0 Å². The van der Waals surface area contributed by atoms with Crippen LogP contribution in [0.3, 0.4) is 0 Å². The van der Waals surface area contributed by atoms with Crippen LogP contribution in [0.25, 0.3) is 0 Å². The van der Waals surface area contributed by atoms with Crippen molar-refractivity contribution in [2.24, 2.45) is 0 Å². The maximum atomic E-state index is 9.65. The molecule has 1 aromatic rings. The molecule has 0 saturated carbocycles. The van der Waals surface area contributed by atoms with E-state index in [9.17, 15) is 5.11 Å². The lowest BCUT2D eigenvalue weighted by atomic mass is 10.1. The van der Waals surface area contributed by atoms with Crippen LogP contribution in [0.5, 0.6) is 0 Å². The van der Waals surface area contributed by atoms with Crippen LogP contribution in [0.2, 0.25) is 0 Å². The normalized spacial score (nSPS) is 12.1. The lowest BCUT2D eigenvalue weighted by Gasteiger charge is -2.22. The molecule has 0 spiro atoms. The van der Waals surface area contributed by atoms with Gasteiger partial charge in [-0.05, 0) is 39.8 Å². The average molecular weight is 221 g/mol. The zero-order valence-electron chi connectivity index (χ0n) is 10.8. The SMILES string of the molecule is Cc1cccc(CN(C)CCC(C)(C)O)c1. The monoisotopic (exact) mass is 221 g/mol. The summed E-state index contributed by atoms with van der Waals surface area (Å²) in [7, 11) is 2.09. The van der Waals surface area contributed by atoms with E-state index in [1.165, 1.54) is 11.1 Å². The summed E-state index contributed by atoms with van der Waals surface area (Å²) < 4.78 is 0. The van der Waals surface area contributed by atoms with Crippen LogP contribution in [-0.4, -0.2) is 29.2 Å². The molecule has 0 bridgehead atoms. The number of benzene rings is 1. The summed E-state index contributed by atoms with van der Waals surface area (Å²) in [6.07, 6.45) is 0.801. The Hall–Kier alpha value is -0.860. The van der Waals surface area contributed by atoms with Crippen molar-refractivity contribution < 1.29 is 5.11 Å². The van der Waals surface area contributed by atoms with Gasteiger partial charge in [-0.3, -0.25) is 0 Å². The summed E-state index contributed by atoms with van der Waals surface area (Å²) in [6.45, 7) is 7.68. The Bertz CT molecular complexity index is 328. The van der Waals surface area contributed by atoms with Gasteiger partial charge in [0.05, 0.1) is 5.60 Å². The van der Waals surface area contributed by atoms with Gasteiger partial charge in [0.2, 0.25) is 0 Å². The third-order valence-corrected chi connectivity index (χ3v) is 2.64. The Morgan fingerprint density at radius 3 is 2.56 bits per heavy atom. The van der Waals surface area contributed by atoms with Gasteiger partial charge in [-0.25, -0.2) is 0 Å². The van der Waals surface area contributed by atoms with Crippen LogP contribution in [0.15, 0.2) is 24.3 Å². The third kappa shape index (κ3) is 5.29. The molecule has 0 amide bonds. The minimum absolute atomic E-state index is 0.569. The molecule has 0 atom stereocenters. The minimum atomic E-state index is -0.569. The van der Waals surface area contributed by atoms with Crippen LogP contribution >= 0.6 is 0 Å². The highest BCUT2D eigenvalue weighted by Crippen LogP contribution is 2.10. The Morgan fingerprint density at radius 2 is 2.00 bits per heavy atom. The zero-order chi connectivity index (χ0) is 12.2. The summed E-state index contributed by atoms with van der Waals surface area (Å²) in [5, 5.41) is 9.65. The van der Waals surface area contributed by atoms with Gasteiger partial charge in [-0.2, -0.15) is 0 Å². The van der Waals surface area contributed by atoms with Gasteiger partial charge >= 0.3 is 0 Å². The lowest BCUT2D eigenvalue weighted by molar-refractivity contribution is 0.0599. The Kier molecular flexibility index (Phi) is 4.51. The van der Waals surface area contributed by atoms with E-state index < -0.39 is 5.60 Å². The van der Waals surface area contributed by atoms with E-state index in [4.69, 9.17) is 0 Å². The maximum absolute atomic E-state index is 9.65. The summed E-state index contributed by atoms with van der Waals surface area (Å²) in [5.41, 5.74) is 2.06. The van der Waals surface area contributed by atoms with Crippen molar-refractivity contribution in [1.29, 1.82) is 0 Å². The molecular weight excluding hydrogens is 198 g/mol. The molecule has 0 heterocycles. The van der Waals surface area contributed by atoms with Crippen molar-refractivity contribution in [3.63, 3.8) is 0 Å². The average Bonchev–Trinajstić information content (AvgIpc) is 2.14. The number of aryl methyl sites for hydroxylation is 1. The second kappa shape index (κ2) is 5.46. The molecule has 1 aromatic carbocycles. The molecule has 2 heteroatoms. The van der Waals surface area contributed by atoms with E-state index in [2.05, 4.69) is 43.1 Å². The topological polar surface area (TPSA) is 23.5 Å². The highest BCUT2D eigenvalue weighted by Gasteiger charge is 2.13. The number of rotatable bonds is 5. The fourth-order valence-corrected chi connectivity index (χ4v) is 1.67. The number of aliphatic hydroxyl groups is 1. The summed E-state index contributed by atoms with van der Waals surface area (Å²) in [5.74, 6) is 0. The van der Waals surface area contributed by atoms with Gasteiger partial charge in [0.15, 0.2) is 0 Å². The van der Waals surface area contributed by atoms with Gasteiger partial charge in [0.25, 0.3) is 0 Å². The van der Waals surface area contributed by atoms with Crippen molar-refractivity contribution in [3.8, 4) is 0 Å². The molecule has 0 radical (unpaired) electrons. The molecule has 1 N–H and O–H groups in total. The predicted molar refractivity (Wildman–Crippen MR) is 68.4 cm³/mol. The summed E-state index contributed by atoms with van der Waals surface area (Å²) >= 11 is 0. The summed E-state index contributed by atoms with van der Waals surface area (Å²) in [4.78, 5) is 2.24. The van der Waals surface area contributed by atoms with E-state index in [-0.39, 0.29) is 0 Å². The lowest BCUT2D eigenvalue weighted by Crippen LogP contribution is -2.28. The molecule has 0 unspecified atom stereocenters. The zero-order valence-corrected chi connectivity index (χ0v) is 10.8. The van der Waals surface area contributed by atoms with Crippen molar-refractivity contribution >= 4 is 0 Å². The van der Waals surface area contributed by atoms with Crippen molar-refractivity contribution in [2.75, 3.05) is 13.6 Å². The first-order valence-electron chi connectivity index (χ1n) is 5.83. The Labute approximate surface area is 98.9 Å². The molecule has 0 aliphatic carbocycles. The third-order valence-electron chi connectivity index (χ3n) is 2.64. The van der Waals surface area contributed by atoms with E-state index in [0.29, 0.717) is 0 Å². The largest absolute Gasteiger partial charge is 0.390 e. The maximum Gasteiger partial charge on any atom is 0.0603 e. The molecule has 1 rings (SSSR count). The van der Waals surface area contributed by atoms with Crippen molar-refractivity contribution in [1.82, 2.24) is 4.90 Å². The molecule has 16 heavy (non-hydrogen) atoms. The van der Waals surface area contributed by atoms with Crippen molar-refractivity contribution in [3.05, 3.63) is 35.4 Å². The first-order valence-corrected chi connectivity index (χ1v) is 5.83. The first kappa shape index (κ1) is 13.2. The van der Waals surface area contributed by atoms with Crippen LogP contribution in [-0.2, 0) is 6.54 Å². The highest BCUT2D eigenvalue weighted by molar-refractivity contribution is 5.21. The Morgan fingerprint density at radius 1 is 1.31 bits per heavy atom. The van der Waals surface area contributed by atoms with Gasteiger partial charge in [-0.1, -0.05) is 29.8 Å². The van der Waals surface area contributed by atoms with Gasteiger partial charge in [-0.15, -0.1) is 0 Å². The molecular formula is C14H23NO. The van der Waals surface area contributed by atoms with E-state index in [0.717, 1.165) is 19.5 Å². The predicted octanol–water partition coefficient (Wildman–Crippen LogP) is 2.59. The van der Waals surface area contributed by atoms with Crippen LogP contribution in [0.4, 0.5) is 0 Å². The van der Waals surface area contributed by atoms with Gasteiger partial charge in [0.1, 0.15) is 0 Å². The molecule has 0 fully saturated rings. The molecule has 2 nitrogen and oxygen atoms in total. The number of hydrogen-bond acceptors (Lipinski definition) is 2. The number of hydrogen-bond donors (Lipinski definition) is 1. The molecule has 0 saturated heterocycles. The fraction of sp³-hybridized carbons (Fsp3) is 0.571. The smallest absolute Gasteiger partial charge is 0.0603 e. The molecule has 0 aliphatic heterocycles. The van der Waals surface area contributed by atoms with Gasteiger partial charge < -0.3 is 10.0 Å². The second-order valence-corrected chi connectivity index (χ2v) is 5.29.